The minimum Gasteiger partial charge on any atom is -0.340 e. The lowest BCUT2D eigenvalue weighted by Crippen LogP contribution is -2.50. The summed E-state index contributed by atoms with van der Waals surface area (Å²) in [6, 6.07) is 3.28. The molecule has 24 heavy (non-hydrogen) atoms. The highest BCUT2D eigenvalue weighted by Gasteiger charge is 2.33. The van der Waals surface area contributed by atoms with E-state index in [1.807, 2.05) is 0 Å². The predicted octanol–water partition coefficient (Wildman–Crippen LogP) is 0.406. The lowest BCUT2D eigenvalue weighted by atomic mass is 10.0. The molecule has 134 valence electrons. The normalized spacial score (nSPS) is 25.0. The first-order valence-electron chi connectivity index (χ1n) is 7.80. The number of piperazine rings is 1. The summed E-state index contributed by atoms with van der Waals surface area (Å²) in [4.78, 5) is 14.0. The molecule has 0 radical (unpaired) electrons. The second-order valence-corrected chi connectivity index (χ2v) is 11.5. The van der Waals surface area contributed by atoms with Gasteiger partial charge in [-0.1, -0.05) is 6.07 Å². The molecule has 2 fully saturated rings. The van der Waals surface area contributed by atoms with Gasteiger partial charge in [0.05, 0.1) is 11.5 Å². The molecule has 1 amide bonds. The van der Waals surface area contributed by atoms with Crippen molar-refractivity contribution in [2.75, 3.05) is 37.7 Å². The van der Waals surface area contributed by atoms with Crippen molar-refractivity contribution < 1.29 is 21.6 Å². The summed E-state index contributed by atoms with van der Waals surface area (Å²) in [5, 5.41) is 1.72. The van der Waals surface area contributed by atoms with Gasteiger partial charge in [-0.2, -0.15) is 4.31 Å². The Morgan fingerprint density at radius 1 is 1.25 bits per heavy atom. The quantitative estimate of drug-likeness (QED) is 0.740. The van der Waals surface area contributed by atoms with Gasteiger partial charge < -0.3 is 4.90 Å². The van der Waals surface area contributed by atoms with Crippen molar-refractivity contribution in [3.05, 3.63) is 17.5 Å². The lowest BCUT2D eigenvalue weighted by molar-refractivity contribution is -0.133. The average Bonchev–Trinajstić information content (AvgIpc) is 3.17. The summed E-state index contributed by atoms with van der Waals surface area (Å²) in [5.41, 5.74) is 0. The molecule has 3 heterocycles. The van der Waals surface area contributed by atoms with Gasteiger partial charge >= 0.3 is 0 Å². The van der Waals surface area contributed by atoms with Crippen molar-refractivity contribution in [2.24, 2.45) is 5.92 Å². The summed E-state index contributed by atoms with van der Waals surface area (Å²) in [7, 11) is -6.45. The molecule has 0 bridgehead atoms. The van der Waals surface area contributed by atoms with E-state index in [0.29, 0.717) is 23.7 Å². The van der Waals surface area contributed by atoms with Crippen molar-refractivity contribution in [1.82, 2.24) is 9.21 Å². The van der Waals surface area contributed by atoms with E-state index in [1.165, 1.54) is 15.6 Å². The van der Waals surface area contributed by atoms with Crippen LogP contribution in [0.4, 0.5) is 0 Å². The number of nitrogens with zero attached hydrogens (tertiary/aromatic N) is 2. The third kappa shape index (κ3) is 3.81. The van der Waals surface area contributed by atoms with Gasteiger partial charge in [0.2, 0.25) is 5.91 Å². The second-order valence-electron chi connectivity index (χ2n) is 6.19. The number of rotatable bonds is 4. The van der Waals surface area contributed by atoms with Crippen LogP contribution in [0.15, 0.2) is 21.7 Å². The van der Waals surface area contributed by atoms with Gasteiger partial charge in [0.25, 0.3) is 10.0 Å². The fourth-order valence-corrected chi connectivity index (χ4v) is 7.55. The summed E-state index contributed by atoms with van der Waals surface area (Å²) < 4.78 is 49.5. The molecule has 2 saturated heterocycles. The predicted molar refractivity (Wildman–Crippen MR) is 91.0 cm³/mol. The highest BCUT2D eigenvalue weighted by atomic mass is 32.2. The molecule has 0 aliphatic carbocycles. The number of hydrogen-bond donors (Lipinski definition) is 0. The summed E-state index contributed by atoms with van der Waals surface area (Å²) in [5.74, 6) is 0.0733. The molecule has 10 heteroatoms. The number of carbonyl (C=O) groups excluding carboxylic acids is 1. The fourth-order valence-electron chi connectivity index (χ4n) is 3.12. The summed E-state index contributed by atoms with van der Waals surface area (Å²) in [6.07, 6.45) is 0.775. The van der Waals surface area contributed by atoms with Crippen LogP contribution in [0, 0.1) is 5.92 Å². The Hall–Kier alpha value is -0.970. The van der Waals surface area contributed by atoms with Crippen LogP contribution in [0.2, 0.25) is 0 Å². The van der Waals surface area contributed by atoms with Crippen molar-refractivity contribution in [3.8, 4) is 0 Å². The number of sulfonamides is 1. The molecule has 2 aliphatic heterocycles. The third-order valence-electron chi connectivity index (χ3n) is 4.47. The van der Waals surface area contributed by atoms with Crippen LogP contribution in [-0.2, 0) is 24.7 Å². The van der Waals surface area contributed by atoms with E-state index in [2.05, 4.69) is 0 Å². The zero-order valence-electron chi connectivity index (χ0n) is 13.1. The Morgan fingerprint density at radius 3 is 2.50 bits per heavy atom. The number of hydrogen-bond acceptors (Lipinski definition) is 6. The molecule has 0 aromatic carbocycles. The van der Waals surface area contributed by atoms with E-state index >= 15 is 0 Å². The molecular weight excluding hydrogens is 372 g/mol. The largest absolute Gasteiger partial charge is 0.340 e. The molecule has 0 unspecified atom stereocenters. The standard InChI is InChI=1S/C14H20N2O5S3/c17-13(10-12-3-9-23(18,19)11-12)15-4-6-16(7-5-15)24(20,21)14-2-1-8-22-14/h1-2,8,12H,3-7,9-11H2/t12-/m1/s1. The van der Waals surface area contributed by atoms with Gasteiger partial charge in [-0.15, -0.1) is 11.3 Å². The minimum absolute atomic E-state index is 0.0785. The summed E-state index contributed by atoms with van der Waals surface area (Å²) in [6.45, 7) is 1.25. The van der Waals surface area contributed by atoms with Crippen molar-refractivity contribution in [2.45, 2.75) is 17.1 Å². The molecule has 2 aliphatic rings. The SMILES string of the molecule is O=C(C[C@H]1CCS(=O)(=O)C1)N1CCN(S(=O)(=O)c2cccs2)CC1. The molecular formula is C14H20N2O5S3. The Labute approximate surface area is 146 Å². The average molecular weight is 393 g/mol. The number of amides is 1. The number of carbonyl (C=O) groups is 1. The number of thiophene rings is 1. The maximum atomic E-state index is 12.4. The molecule has 3 rings (SSSR count). The molecule has 1 atom stereocenters. The van der Waals surface area contributed by atoms with Crippen LogP contribution in [0.25, 0.3) is 0 Å². The Kier molecular flexibility index (Phi) is 5.01. The first kappa shape index (κ1) is 17.8. The first-order chi connectivity index (χ1) is 11.3. The van der Waals surface area contributed by atoms with Gasteiger partial charge in [0.1, 0.15) is 4.21 Å². The zero-order valence-corrected chi connectivity index (χ0v) is 15.6. The third-order valence-corrected chi connectivity index (χ3v) is 9.58. The van der Waals surface area contributed by atoms with E-state index in [-0.39, 0.29) is 42.8 Å². The number of sulfone groups is 1. The van der Waals surface area contributed by atoms with Gasteiger partial charge in [0.15, 0.2) is 9.84 Å². The van der Waals surface area contributed by atoms with Gasteiger partial charge in [-0.25, -0.2) is 16.8 Å². The van der Waals surface area contributed by atoms with E-state index < -0.39 is 19.9 Å². The van der Waals surface area contributed by atoms with Gasteiger partial charge in [-0.3, -0.25) is 4.79 Å². The molecule has 0 N–H and O–H groups in total. The highest BCUT2D eigenvalue weighted by molar-refractivity contribution is 7.91. The van der Waals surface area contributed by atoms with Crippen LogP contribution in [0.3, 0.4) is 0 Å². The summed E-state index contributed by atoms with van der Waals surface area (Å²) >= 11 is 1.18. The highest BCUT2D eigenvalue weighted by Crippen LogP contribution is 2.24. The Balaban J connectivity index is 1.54. The smallest absolute Gasteiger partial charge is 0.252 e. The van der Waals surface area contributed by atoms with Crippen LogP contribution in [0.1, 0.15) is 12.8 Å². The van der Waals surface area contributed by atoms with Crippen molar-refractivity contribution in [3.63, 3.8) is 0 Å². The minimum atomic E-state index is -3.47. The fraction of sp³-hybridized carbons (Fsp3) is 0.643. The molecule has 0 spiro atoms. The molecule has 7 nitrogen and oxygen atoms in total. The Morgan fingerprint density at radius 2 is 1.96 bits per heavy atom. The van der Waals surface area contributed by atoms with E-state index in [1.54, 1.807) is 22.4 Å². The maximum Gasteiger partial charge on any atom is 0.252 e. The molecule has 1 aromatic heterocycles. The van der Waals surface area contributed by atoms with E-state index in [0.717, 1.165) is 0 Å². The molecule has 0 saturated carbocycles. The van der Waals surface area contributed by atoms with E-state index in [4.69, 9.17) is 0 Å². The van der Waals surface area contributed by atoms with Crippen LogP contribution >= 0.6 is 11.3 Å². The van der Waals surface area contributed by atoms with Crippen molar-refractivity contribution in [1.29, 1.82) is 0 Å². The van der Waals surface area contributed by atoms with Crippen LogP contribution in [0.5, 0.6) is 0 Å². The topological polar surface area (TPSA) is 91.8 Å². The first-order valence-corrected chi connectivity index (χ1v) is 11.9. The monoisotopic (exact) mass is 392 g/mol. The van der Waals surface area contributed by atoms with Crippen molar-refractivity contribution >= 4 is 37.1 Å². The van der Waals surface area contributed by atoms with E-state index in [9.17, 15) is 21.6 Å². The van der Waals surface area contributed by atoms with Crippen LogP contribution in [-0.4, -0.2) is 69.6 Å². The second kappa shape index (κ2) is 6.74. The molecule has 1 aromatic rings. The van der Waals surface area contributed by atoms with Gasteiger partial charge in [-0.05, 0) is 23.8 Å². The zero-order chi connectivity index (χ0) is 17.4. The lowest BCUT2D eigenvalue weighted by Gasteiger charge is -2.34. The maximum absolute atomic E-state index is 12.4. The van der Waals surface area contributed by atoms with Crippen LogP contribution < -0.4 is 0 Å². The van der Waals surface area contributed by atoms with Gasteiger partial charge in [0, 0.05) is 32.6 Å². The Bertz CT molecular complexity index is 793.